The fourth-order valence-electron chi connectivity index (χ4n) is 1.97. The Morgan fingerprint density at radius 2 is 1.89 bits per heavy atom. The van der Waals surface area contributed by atoms with Crippen LogP contribution in [0.2, 0.25) is 0 Å². The third kappa shape index (κ3) is 3.32. The van der Waals surface area contributed by atoms with Crippen molar-refractivity contribution in [2.45, 2.75) is 19.9 Å². The van der Waals surface area contributed by atoms with Gasteiger partial charge >= 0.3 is 0 Å². The number of halogens is 2. The predicted molar refractivity (Wildman–Crippen MR) is 68.6 cm³/mol. The maximum Gasteiger partial charge on any atom is 0.126 e. The minimum atomic E-state index is -0.594. The summed E-state index contributed by atoms with van der Waals surface area (Å²) in [6.45, 7) is 4.36. The average Bonchev–Trinajstić information content (AvgIpc) is 2.34. The summed E-state index contributed by atoms with van der Waals surface area (Å²) in [5.74, 6) is -0.565. The second-order valence-corrected chi connectivity index (χ2v) is 4.22. The van der Waals surface area contributed by atoms with E-state index < -0.39 is 11.6 Å². The molecule has 1 heterocycles. The second-order valence-electron chi connectivity index (χ2n) is 4.22. The fraction of sp³-hybridized carbons (Fsp3) is 0.286. The van der Waals surface area contributed by atoms with Crippen molar-refractivity contribution in [3.8, 4) is 0 Å². The number of rotatable bonds is 4. The molecule has 1 unspecified atom stereocenters. The van der Waals surface area contributed by atoms with Gasteiger partial charge in [0.05, 0.1) is 11.7 Å². The predicted octanol–water partition coefficient (Wildman–Crippen LogP) is 2.76. The lowest BCUT2D eigenvalue weighted by Gasteiger charge is -2.18. The van der Waals surface area contributed by atoms with Gasteiger partial charge in [0.1, 0.15) is 17.5 Å². The molecule has 100 valence electrons. The Morgan fingerprint density at radius 3 is 2.47 bits per heavy atom. The molecule has 0 aliphatic heterocycles. The van der Waals surface area contributed by atoms with E-state index in [1.165, 1.54) is 12.1 Å². The Morgan fingerprint density at radius 1 is 1.21 bits per heavy atom. The molecule has 0 aliphatic rings. The van der Waals surface area contributed by atoms with Crippen molar-refractivity contribution in [2.75, 3.05) is 6.54 Å². The number of nitrogens with one attached hydrogen (secondary N) is 1. The topological polar surface area (TPSA) is 37.8 Å². The first-order chi connectivity index (χ1) is 9.10. The highest BCUT2D eigenvalue weighted by Crippen LogP contribution is 2.22. The highest BCUT2D eigenvalue weighted by molar-refractivity contribution is 5.28. The SMILES string of the molecule is CCNC(c1cc(F)cc(F)c1)c1ccnc(C)n1. The van der Waals surface area contributed by atoms with Gasteiger partial charge in [-0.05, 0) is 37.2 Å². The smallest absolute Gasteiger partial charge is 0.126 e. The summed E-state index contributed by atoms with van der Waals surface area (Å²) < 4.78 is 26.6. The molecule has 5 heteroatoms. The van der Waals surface area contributed by atoms with E-state index in [0.29, 0.717) is 23.6 Å². The molecule has 0 fully saturated rings. The van der Waals surface area contributed by atoms with Crippen LogP contribution in [0.25, 0.3) is 0 Å². The van der Waals surface area contributed by atoms with Crippen molar-refractivity contribution >= 4 is 0 Å². The number of benzene rings is 1. The van der Waals surface area contributed by atoms with E-state index in [4.69, 9.17) is 0 Å². The first-order valence-electron chi connectivity index (χ1n) is 6.09. The van der Waals surface area contributed by atoms with Gasteiger partial charge in [0.25, 0.3) is 0 Å². The number of hydrogen-bond acceptors (Lipinski definition) is 3. The maximum absolute atomic E-state index is 13.3. The van der Waals surface area contributed by atoms with Crippen LogP contribution in [0, 0.1) is 18.6 Å². The summed E-state index contributed by atoms with van der Waals surface area (Å²) in [6.07, 6.45) is 1.64. The Labute approximate surface area is 110 Å². The molecule has 19 heavy (non-hydrogen) atoms. The van der Waals surface area contributed by atoms with Crippen LogP contribution in [-0.2, 0) is 0 Å². The van der Waals surface area contributed by atoms with E-state index >= 15 is 0 Å². The van der Waals surface area contributed by atoms with Gasteiger partial charge in [0.15, 0.2) is 0 Å². The van der Waals surface area contributed by atoms with Gasteiger partial charge in [0, 0.05) is 12.3 Å². The van der Waals surface area contributed by atoms with Gasteiger partial charge < -0.3 is 5.32 Å². The van der Waals surface area contributed by atoms with Crippen molar-refractivity contribution in [2.24, 2.45) is 0 Å². The summed E-state index contributed by atoms with van der Waals surface area (Å²) in [5.41, 5.74) is 1.21. The molecule has 1 atom stereocenters. The highest BCUT2D eigenvalue weighted by atomic mass is 19.1. The molecule has 0 radical (unpaired) electrons. The van der Waals surface area contributed by atoms with Gasteiger partial charge in [0.2, 0.25) is 0 Å². The Balaban J connectivity index is 2.44. The van der Waals surface area contributed by atoms with Gasteiger partial charge in [-0.25, -0.2) is 18.7 Å². The largest absolute Gasteiger partial charge is 0.305 e. The summed E-state index contributed by atoms with van der Waals surface area (Å²) in [7, 11) is 0. The van der Waals surface area contributed by atoms with Gasteiger partial charge in [-0.1, -0.05) is 6.92 Å². The van der Waals surface area contributed by atoms with E-state index in [9.17, 15) is 8.78 Å². The Kier molecular flexibility index (Phi) is 4.16. The van der Waals surface area contributed by atoms with Gasteiger partial charge in [-0.2, -0.15) is 0 Å². The third-order valence-corrected chi connectivity index (χ3v) is 2.72. The Hall–Kier alpha value is -1.88. The molecule has 0 saturated carbocycles. The number of aryl methyl sites for hydroxylation is 1. The van der Waals surface area contributed by atoms with Crippen LogP contribution in [0.15, 0.2) is 30.5 Å². The van der Waals surface area contributed by atoms with Crippen LogP contribution in [0.1, 0.15) is 30.0 Å². The number of hydrogen-bond donors (Lipinski definition) is 1. The summed E-state index contributed by atoms with van der Waals surface area (Å²) >= 11 is 0. The molecule has 1 aromatic carbocycles. The molecule has 0 bridgehead atoms. The third-order valence-electron chi connectivity index (χ3n) is 2.72. The molecule has 3 nitrogen and oxygen atoms in total. The lowest BCUT2D eigenvalue weighted by atomic mass is 10.0. The first-order valence-corrected chi connectivity index (χ1v) is 6.09. The number of nitrogens with zero attached hydrogens (tertiary/aromatic N) is 2. The minimum absolute atomic E-state index is 0.350. The molecular weight excluding hydrogens is 248 g/mol. The highest BCUT2D eigenvalue weighted by Gasteiger charge is 2.16. The standard InChI is InChI=1S/C14H15F2N3/c1-3-17-14(13-4-5-18-9(2)19-13)10-6-11(15)8-12(16)7-10/h4-8,14,17H,3H2,1-2H3. The van der Waals surface area contributed by atoms with Crippen molar-refractivity contribution in [1.82, 2.24) is 15.3 Å². The summed E-state index contributed by atoms with van der Waals surface area (Å²) in [6, 6.07) is 4.87. The zero-order valence-electron chi connectivity index (χ0n) is 10.8. The van der Waals surface area contributed by atoms with Crippen molar-refractivity contribution in [1.29, 1.82) is 0 Å². The number of aromatic nitrogens is 2. The van der Waals surface area contributed by atoms with E-state index in [1.807, 2.05) is 6.92 Å². The molecular formula is C14H15F2N3. The monoisotopic (exact) mass is 263 g/mol. The van der Waals surface area contributed by atoms with E-state index in [2.05, 4.69) is 15.3 Å². The molecule has 1 aromatic heterocycles. The van der Waals surface area contributed by atoms with Gasteiger partial charge in [-0.15, -0.1) is 0 Å². The van der Waals surface area contributed by atoms with Crippen LogP contribution >= 0.6 is 0 Å². The molecule has 0 spiro atoms. The zero-order chi connectivity index (χ0) is 13.8. The first kappa shape index (κ1) is 13.5. The van der Waals surface area contributed by atoms with Crippen LogP contribution in [0.3, 0.4) is 0 Å². The van der Waals surface area contributed by atoms with Crippen molar-refractivity contribution < 1.29 is 8.78 Å². The second kappa shape index (κ2) is 5.84. The normalized spacial score (nSPS) is 12.4. The molecule has 2 rings (SSSR count). The Bertz CT molecular complexity index is 552. The molecule has 0 aliphatic carbocycles. The summed E-state index contributed by atoms with van der Waals surface area (Å²) in [5, 5.41) is 3.17. The van der Waals surface area contributed by atoms with Crippen LogP contribution < -0.4 is 5.32 Å². The van der Waals surface area contributed by atoms with Gasteiger partial charge in [-0.3, -0.25) is 0 Å². The quantitative estimate of drug-likeness (QED) is 0.921. The van der Waals surface area contributed by atoms with E-state index in [1.54, 1.807) is 19.2 Å². The molecule has 0 amide bonds. The van der Waals surface area contributed by atoms with E-state index in [-0.39, 0.29) is 6.04 Å². The molecule has 1 N–H and O–H groups in total. The zero-order valence-corrected chi connectivity index (χ0v) is 10.8. The lowest BCUT2D eigenvalue weighted by molar-refractivity contribution is 0.561. The van der Waals surface area contributed by atoms with Crippen molar-refractivity contribution in [3.63, 3.8) is 0 Å². The maximum atomic E-state index is 13.3. The lowest BCUT2D eigenvalue weighted by Crippen LogP contribution is -2.23. The summed E-state index contributed by atoms with van der Waals surface area (Å²) in [4.78, 5) is 8.33. The molecule has 0 saturated heterocycles. The van der Waals surface area contributed by atoms with Crippen LogP contribution in [0.5, 0.6) is 0 Å². The molecule has 2 aromatic rings. The van der Waals surface area contributed by atoms with Crippen molar-refractivity contribution in [3.05, 3.63) is 59.2 Å². The van der Waals surface area contributed by atoms with Crippen LogP contribution in [-0.4, -0.2) is 16.5 Å². The minimum Gasteiger partial charge on any atom is -0.305 e. The van der Waals surface area contributed by atoms with E-state index in [0.717, 1.165) is 6.07 Å². The van der Waals surface area contributed by atoms with Crippen LogP contribution in [0.4, 0.5) is 8.78 Å². The average molecular weight is 263 g/mol. The fourth-order valence-corrected chi connectivity index (χ4v) is 1.97.